The second kappa shape index (κ2) is 8.12. The van der Waals surface area contributed by atoms with Gasteiger partial charge in [-0.2, -0.15) is 11.8 Å². The largest absolute Gasteiger partial charge is 0.388 e. The van der Waals surface area contributed by atoms with Crippen LogP contribution in [0.25, 0.3) is 11.0 Å². The minimum Gasteiger partial charge on any atom is -0.388 e. The molecular weight excluding hydrogens is 360 g/mol. The van der Waals surface area contributed by atoms with Gasteiger partial charge >= 0.3 is 0 Å². The van der Waals surface area contributed by atoms with Crippen molar-refractivity contribution in [1.29, 1.82) is 0 Å². The molecule has 1 aliphatic heterocycles. The van der Waals surface area contributed by atoms with E-state index in [2.05, 4.69) is 26.3 Å². The quantitative estimate of drug-likeness (QED) is 0.632. The zero-order valence-corrected chi connectivity index (χ0v) is 15.8. The maximum absolute atomic E-state index is 12.8. The summed E-state index contributed by atoms with van der Waals surface area (Å²) in [6.45, 7) is 2.85. The predicted molar refractivity (Wildman–Crippen MR) is 109 cm³/mol. The zero-order chi connectivity index (χ0) is 18.6. The molecule has 1 aliphatic rings. The van der Waals surface area contributed by atoms with Crippen LogP contribution in [-0.2, 0) is 13.2 Å². The second-order valence-electron chi connectivity index (χ2n) is 6.57. The number of anilines is 1. The number of nitrogens with zero attached hydrogens (tertiary/aromatic N) is 2. The molecule has 4 rings (SSSR count). The van der Waals surface area contributed by atoms with Crippen LogP contribution in [-0.4, -0.2) is 50.5 Å². The number of carbonyl (C=O) groups excluding carboxylic acids is 1. The number of thioether (sulfide) groups is 1. The number of aliphatic hydroxyl groups excluding tert-OH is 1. The predicted octanol–water partition coefficient (Wildman–Crippen LogP) is 2.86. The van der Waals surface area contributed by atoms with Crippen LogP contribution >= 0.6 is 11.8 Å². The van der Waals surface area contributed by atoms with Crippen molar-refractivity contribution in [2.75, 3.05) is 29.9 Å². The second-order valence-corrected chi connectivity index (χ2v) is 7.80. The summed E-state index contributed by atoms with van der Waals surface area (Å²) in [5, 5.41) is 12.2. The third kappa shape index (κ3) is 4.16. The Balaban J connectivity index is 1.52. The highest BCUT2D eigenvalue weighted by Crippen LogP contribution is 2.21. The lowest BCUT2D eigenvalue weighted by Crippen LogP contribution is -2.32. The Labute approximate surface area is 162 Å². The van der Waals surface area contributed by atoms with Gasteiger partial charge in [0.25, 0.3) is 5.91 Å². The summed E-state index contributed by atoms with van der Waals surface area (Å²) >= 11 is 1.99. The fourth-order valence-electron chi connectivity index (χ4n) is 3.25. The van der Waals surface area contributed by atoms with E-state index in [-0.39, 0.29) is 12.5 Å². The molecule has 1 saturated heterocycles. The molecule has 0 saturated carbocycles. The van der Waals surface area contributed by atoms with Crippen LogP contribution in [0.5, 0.6) is 0 Å². The fourth-order valence-corrected chi connectivity index (χ4v) is 4.23. The van der Waals surface area contributed by atoms with Crippen molar-refractivity contribution < 1.29 is 9.90 Å². The van der Waals surface area contributed by atoms with Crippen LogP contribution in [0.1, 0.15) is 21.7 Å². The first-order chi connectivity index (χ1) is 13.2. The van der Waals surface area contributed by atoms with Gasteiger partial charge in [-0.15, -0.1) is 0 Å². The Kier molecular flexibility index (Phi) is 5.42. The molecule has 27 heavy (non-hydrogen) atoms. The van der Waals surface area contributed by atoms with Gasteiger partial charge in [-0.3, -0.25) is 9.69 Å². The first kappa shape index (κ1) is 18.0. The third-order valence-corrected chi connectivity index (χ3v) is 5.65. The molecular formula is C20H22N4O2S. The summed E-state index contributed by atoms with van der Waals surface area (Å²) in [5.41, 5.74) is 4.01. The number of carbonyl (C=O) groups is 1. The van der Waals surface area contributed by atoms with E-state index in [9.17, 15) is 9.90 Å². The molecule has 2 heterocycles. The summed E-state index contributed by atoms with van der Waals surface area (Å²) in [4.78, 5) is 22.5. The summed E-state index contributed by atoms with van der Waals surface area (Å²) in [5.74, 6) is 2.66. The van der Waals surface area contributed by atoms with Crippen molar-refractivity contribution in [2.45, 2.75) is 13.2 Å². The number of aromatic amines is 1. The van der Waals surface area contributed by atoms with Gasteiger partial charge in [0.2, 0.25) is 0 Å². The Bertz CT molecular complexity index is 950. The molecule has 7 heteroatoms. The van der Waals surface area contributed by atoms with Gasteiger partial charge in [0, 0.05) is 42.4 Å². The molecule has 1 amide bonds. The number of para-hydroxylation sites is 1. The van der Waals surface area contributed by atoms with Crippen LogP contribution in [0.15, 0.2) is 42.5 Å². The Morgan fingerprint density at radius 1 is 1.22 bits per heavy atom. The average Bonchev–Trinajstić information content (AvgIpc) is 3.12. The number of benzene rings is 2. The Morgan fingerprint density at radius 3 is 2.85 bits per heavy atom. The standard InChI is InChI=1S/C20H22N4O2S/c25-13-19-21-17-6-5-14(11-18(17)22-19)20(26)23-16-4-2-1-3-15(16)12-24-7-9-27-10-8-24/h1-6,11,25H,7-10,12-13H2,(H,21,22)(H,23,26). The lowest BCUT2D eigenvalue weighted by atomic mass is 10.1. The van der Waals surface area contributed by atoms with Gasteiger partial charge in [0.05, 0.1) is 11.0 Å². The molecule has 0 radical (unpaired) electrons. The maximum atomic E-state index is 12.8. The van der Waals surface area contributed by atoms with Crippen molar-refractivity contribution in [1.82, 2.24) is 14.9 Å². The van der Waals surface area contributed by atoms with Gasteiger partial charge in [-0.1, -0.05) is 18.2 Å². The van der Waals surface area contributed by atoms with Crippen LogP contribution in [0.2, 0.25) is 0 Å². The zero-order valence-electron chi connectivity index (χ0n) is 14.9. The first-order valence-corrected chi connectivity index (χ1v) is 10.2. The van der Waals surface area contributed by atoms with Gasteiger partial charge in [-0.05, 0) is 29.8 Å². The number of H-pyrrole nitrogens is 1. The smallest absolute Gasteiger partial charge is 0.255 e. The van der Waals surface area contributed by atoms with E-state index in [1.165, 1.54) is 0 Å². The molecule has 1 aromatic heterocycles. The van der Waals surface area contributed by atoms with Crippen LogP contribution in [0.3, 0.4) is 0 Å². The number of fused-ring (bicyclic) bond motifs is 1. The third-order valence-electron chi connectivity index (χ3n) is 4.71. The van der Waals surface area contributed by atoms with E-state index in [0.717, 1.165) is 53.4 Å². The Hall–Kier alpha value is -2.35. The van der Waals surface area contributed by atoms with Crippen molar-refractivity contribution in [3.05, 3.63) is 59.4 Å². The van der Waals surface area contributed by atoms with Crippen LogP contribution in [0, 0.1) is 0 Å². The molecule has 6 nitrogen and oxygen atoms in total. The number of aromatic nitrogens is 2. The minimum absolute atomic E-state index is 0.154. The van der Waals surface area contributed by atoms with Gasteiger partial charge in [-0.25, -0.2) is 4.98 Å². The molecule has 0 aliphatic carbocycles. The number of imidazole rings is 1. The lowest BCUT2D eigenvalue weighted by molar-refractivity contribution is 0.102. The van der Waals surface area contributed by atoms with Crippen LogP contribution < -0.4 is 5.32 Å². The van der Waals surface area contributed by atoms with E-state index in [0.29, 0.717) is 11.4 Å². The molecule has 0 bridgehead atoms. The van der Waals surface area contributed by atoms with Crippen molar-refractivity contribution >= 4 is 34.4 Å². The SMILES string of the molecule is O=C(Nc1ccccc1CN1CCSCC1)c1ccc2nc(CO)[nH]c2c1. The van der Waals surface area contributed by atoms with E-state index >= 15 is 0 Å². The minimum atomic E-state index is -0.154. The van der Waals surface area contributed by atoms with E-state index < -0.39 is 0 Å². The van der Waals surface area contributed by atoms with Gasteiger partial charge < -0.3 is 15.4 Å². The summed E-state index contributed by atoms with van der Waals surface area (Å²) in [7, 11) is 0. The van der Waals surface area contributed by atoms with Gasteiger partial charge in [0.15, 0.2) is 0 Å². The number of rotatable bonds is 5. The molecule has 3 N–H and O–H groups in total. The lowest BCUT2D eigenvalue weighted by Gasteiger charge is -2.27. The molecule has 1 fully saturated rings. The van der Waals surface area contributed by atoms with Crippen molar-refractivity contribution in [2.24, 2.45) is 0 Å². The summed E-state index contributed by atoms with van der Waals surface area (Å²) in [6, 6.07) is 13.3. The topological polar surface area (TPSA) is 81.2 Å². The van der Waals surface area contributed by atoms with E-state index in [1.54, 1.807) is 18.2 Å². The highest BCUT2D eigenvalue weighted by Gasteiger charge is 2.15. The first-order valence-electron chi connectivity index (χ1n) is 9.02. The average molecular weight is 382 g/mol. The Morgan fingerprint density at radius 2 is 2.04 bits per heavy atom. The number of hydrogen-bond donors (Lipinski definition) is 3. The molecule has 140 valence electrons. The number of aliphatic hydroxyl groups is 1. The normalized spacial score (nSPS) is 15.1. The highest BCUT2D eigenvalue weighted by molar-refractivity contribution is 7.99. The molecule has 2 aromatic carbocycles. The molecule has 0 spiro atoms. The molecule has 3 aromatic rings. The molecule has 0 unspecified atom stereocenters. The fraction of sp³-hybridized carbons (Fsp3) is 0.300. The highest BCUT2D eigenvalue weighted by atomic mass is 32.2. The number of nitrogens with one attached hydrogen (secondary N) is 2. The number of amides is 1. The van der Waals surface area contributed by atoms with E-state index in [4.69, 9.17) is 0 Å². The van der Waals surface area contributed by atoms with Crippen molar-refractivity contribution in [3.63, 3.8) is 0 Å². The van der Waals surface area contributed by atoms with Crippen LogP contribution in [0.4, 0.5) is 5.69 Å². The number of hydrogen-bond acceptors (Lipinski definition) is 5. The molecule has 0 atom stereocenters. The van der Waals surface area contributed by atoms with Gasteiger partial charge in [0.1, 0.15) is 12.4 Å². The maximum Gasteiger partial charge on any atom is 0.255 e. The monoisotopic (exact) mass is 382 g/mol. The summed E-state index contributed by atoms with van der Waals surface area (Å²) < 4.78 is 0. The van der Waals surface area contributed by atoms with Crippen molar-refractivity contribution in [3.8, 4) is 0 Å². The van der Waals surface area contributed by atoms with E-state index in [1.807, 2.05) is 30.0 Å². The summed E-state index contributed by atoms with van der Waals surface area (Å²) in [6.07, 6.45) is 0.